The SMILES string of the molecule is COC(=O)c1cc(SC)nc(-c2c(OC(F)F)ncnc2C2CC2)n1. The first-order valence-corrected chi connectivity index (χ1v) is 8.57. The Labute approximate surface area is 146 Å². The van der Waals surface area contributed by atoms with Crippen molar-refractivity contribution in [1.29, 1.82) is 0 Å². The van der Waals surface area contributed by atoms with Crippen LogP contribution >= 0.6 is 11.8 Å². The zero-order valence-corrected chi connectivity index (χ0v) is 14.2. The highest BCUT2D eigenvalue weighted by atomic mass is 32.2. The number of rotatable bonds is 6. The number of nitrogens with zero attached hydrogens (tertiary/aromatic N) is 4. The van der Waals surface area contributed by atoms with Crippen LogP contribution in [-0.2, 0) is 4.74 Å². The van der Waals surface area contributed by atoms with Crippen LogP contribution in [0.1, 0.15) is 34.9 Å². The molecule has 2 aromatic rings. The van der Waals surface area contributed by atoms with Gasteiger partial charge < -0.3 is 9.47 Å². The molecular formula is C15H14F2N4O3S. The molecule has 25 heavy (non-hydrogen) atoms. The van der Waals surface area contributed by atoms with Gasteiger partial charge in [0.1, 0.15) is 16.9 Å². The van der Waals surface area contributed by atoms with E-state index in [1.54, 1.807) is 6.26 Å². The van der Waals surface area contributed by atoms with Gasteiger partial charge in [0.05, 0.1) is 12.8 Å². The fourth-order valence-corrected chi connectivity index (χ4v) is 2.69. The largest absolute Gasteiger partial charge is 0.464 e. The molecule has 3 rings (SSSR count). The fraction of sp³-hybridized carbons (Fsp3) is 0.400. The van der Waals surface area contributed by atoms with Crippen LogP contribution in [0, 0.1) is 0 Å². The van der Waals surface area contributed by atoms with Gasteiger partial charge in [0, 0.05) is 12.0 Å². The van der Waals surface area contributed by atoms with E-state index >= 15 is 0 Å². The zero-order valence-electron chi connectivity index (χ0n) is 13.4. The smallest absolute Gasteiger partial charge is 0.388 e. The quantitative estimate of drug-likeness (QED) is 0.437. The number of hydrogen-bond donors (Lipinski definition) is 0. The van der Waals surface area contributed by atoms with Crippen molar-refractivity contribution < 1.29 is 23.0 Å². The molecule has 1 fully saturated rings. The molecule has 0 N–H and O–H groups in total. The van der Waals surface area contributed by atoms with Crippen LogP contribution in [0.4, 0.5) is 8.78 Å². The number of alkyl halides is 2. The van der Waals surface area contributed by atoms with E-state index in [2.05, 4.69) is 24.7 Å². The molecule has 2 heterocycles. The lowest BCUT2D eigenvalue weighted by Crippen LogP contribution is -2.11. The number of carbonyl (C=O) groups is 1. The van der Waals surface area contributed by atoms with E-state index in [1.165, 1.54) is 31.3 Å². The first-order valence-electron chi connectivity index (χ1n) is 7.35. The Morgan fingerprint density at radius 1 is 1.32 bits per heavy atom. The molecule has 0 unspecified atom stereocenters. The van der Waals surface area contributed by atoms with Crippen LogP contribution in [0.2, 0.25) is 0 Å². The minimum absolute atomic E-state index is 0.0189. The van der Waals surface area contributed by atoms with E-state index in [-0.39, 0.29) is 28.9 Å². The van der Waals surface area contributed by atoms with Crippen molar-refractivity contribution in [3.8, 4) is 17.3 Å². The molecular weight excluding hydrogens is 354 g/mol. The Morgan fingerprint density at radius 3 is 2.68 bits per heavy atom. The lowest BCUT2D eigenvalue weighted by atomic mass is 10.1. The normalized spacial score (nSPS) is 13.8. The van der Waals surface area contributed by atoms with E-state index < -0.39 is 12.6 Å². The number of thioether (sulfide) groups is 1. The van der Waals surface area contributed by atoms with E-state index in [0.717, 1.165) is 12.8 Å². The molecule has 0 aliphatic heterocycles. The average Bonchev–Trinajstić information content (AvgIpc) is 3.44. The molecule has 7 nitrogen and oxygen atoms in total. The Bertz CT molecular complexity index is 802. The topological polar surface area (TPSA) is 87.1 Å². The number of aromatic nitrogens is 4. The van der Waals surface area contributed by atoms with E-state index in [1.807, 2.05) is 0 Å². The molecule has 0 aromatic carbocycles. The fourth-order valence-electron chi connectivity index (χ4n) is 2.28. The van der Waals surface area contributed by atoms with Crippen LogP contribution in [0.5, 0.6) is 5.88 Å². The first kappa shape index (κ1) is 17.5. The van der Waals surface area contributed by atoms with E-state index in [4.69, 9.17) is 4.74 Å². The second-order valence-electron chi connectivity index (χ2n) is 5.20. The monoisotopic (exact) mass is 368 g/mol. The standard InChI is InChI=1S/C15H14F2N4O3S/c1-23-14(22)8-5-9(25-2)21-12(20-8)10-11(7-3-4-7)18-6-19-13(10)24-15(16)17/h5-7,15H,3-4H2,1-2H3. The molecule has 1 aliphatic carbocycles. The lowest BCUT2D eigenvalue weighted by Gasteiger charge is -2.13. The third-order valence-electron chi connectivity index (χ3n) is 3.54. The maximum atomic E-state index is 12.8. The summed E-state index contributed by atoms with van der Waals surface area (Å²) < 4.78 is 34.8. The molecule has 0 bridgehead atoms. The summed E-state index contributed by atoms with van der Waals surface area (Å²) in [6, 6.07) is 1.47. The lowest BCUT2D eigenvalue weighted by molar-refractivity contribution is -0.0525. The minimum Gasteiger partial charge on any atom is -0.464 e. The summed E-state index contributed by atoms with van der Waals surface area (Å²) >= 11 is 1.28. The Hall–Kier alpha value is -2.36. The van der Waals surface area contributed by atoms with Crippen molar-refractivity contribution >= 4 is 17.7 Å². The van der Waals surface area contributed by atoms with Crippen molar-refractivity contribution in [3.63, 3.8) is 0 Å². The Morgan fingerprint density at radius 2 is 2.08 bits per heavy atom. The molecule has 132 valence electrons. The second-order valence-corrected chi connectivity index (χ2v) is 6.03. The molecule has 2 aromatic heterocycles. The van der Waals surface area contributed by atoms with Crippen molar-refractivity contribution in [2.75, 3.05) is 13.4 Å². The van der Waals surface area contributed by atoms with Crippen molar-refractivity contribution in [2.45, 2.75) is 30.4 Å². The maximum Gasteiger partial charge on any atom is 0.388 e. The van der Waals surface area contributed by atoms with Crippen LogP contribution < -0.4 is 4.74 Å². The molecule has 1 saturated carbocycles. The molecule has 1 aliphatic rings. The predicted molar refractivity (Wildman–Crippen MR) is 84.8 cm³/mol. The summed E-state index contributed by atoms with van der Waals surface area (Å²) in [5.41, 5.74) is 0.747. The van der Waals surface area contributed by atoms with Crippen LogP contribution in [0.3, 0.4) is 0 Å². The summed E-state index contributed by atoms with van der Waals surface area (Å²) in [6.07, 6.45) is 4.70. The minimum atomic E-state index is -3.05. The van der Waals surface area contributed by atoms with Gasteiger partial charge in [0.2, 0.25) is 5.88 Å². The van der Waals surface area contributed by atoms with Gasteiger partial charge in [0.15, 0.2) is 11.5 Å². The van der Waals surface area contributed by atoms with E-state index in [9.17, 15) is 13.6 Å². The summed E-state index contributed by atoms with van der Waals surface area (Å²) in [6.45, 7) is -3.05. The molecule has 0 radical (unpaired) electrons. The molecule has 10 heteroatoms. The van der Waals surface area contributed by atoms with Gasteiger partial charge in [-0.1, -0.05) is 0 Å². The highest BCUT2D eigenvalue weighted by molar-refractivity contribution is 7.98. The highest BCUT2D eigenvalue weighted by Crippen LogP contribution is 2.45. The summed E-state index contributed by atoms with van der Waals surface area (Å²) in [7, 11) is 1.23. The third-order valence-corrected chi connectivity index (χ3v) is 4.16. The first-order chi connectivity index (χ1) is 12.0. The van der Waals surface area contributed by atoms with Crippen LogP contribution in [0.25, 0.3) is 11.4 Å². The molecule has 0 saturated heterocycles. The number of halogens is 2. The van der Waals surface area contributed by atoms with Gasteiger partial charge in [0.25, 0.3) is 0 Å². The van der Waals surface area contributed by atoms with Gasteiger partial charge in [-0.2, -0.15) is 8.78 Å². The number of methoxy groups -OCH3 is 1. The van der Waals surface area contributed by atoms with Crippen molar-refractivity contribution in [3.05, 3.63) is 23.8 Å². The predicted octanol–water partition coefficient (Wildman–Crippen LogP) is 2.92. The van der Waals surface area contributed by atoms with Gasteiger partial charge in [-0.25, -0.2) is 24.7 Å². The number of ether oxygens (including phenoxy) is 2. The summed E-state index contributed by atoms with van der Waals surface area (Å²) in [5, 5.41) is 0.485. The van der Waals surface area contributed by atoms with Gasteiger partial charge in [-0.15, -0.1) is 11.8 Å². The Kier molecular flexibility index (Phi) is 5.07. The molecule has 0 atom stereocenters. The maximum absolute atomic E-state index is 12.8. The van der Waals surface area contributed by atoms with Gasteiger partial charge >= 0.3 is 12.6 Å². The van der Waals surface area contributed by atoms with Crippen LogP contribution in [-0.4, -0.2) is 45.9 Å². The number of esters is 1. The third kappa shape index (κ3) is 3.84. The highest BCUT2D eigenvalue weighted by Gasteiger charge is 2.32. The number of hydrogen-bond acceptors (Lipinski definition) is 8. The zero-order chi connectivity index (χ0) is 18.0. The number of carbonyl (C=O) groups excluding carboxylic acids is 1. The summed E-state index contributed by atoms with van der Waals surface area (Å²) in [5.74, 6) is -0.785. The summed E-state index contributed by atoms with van der Waals surface area (Å²) in [4.78, 5) is 28.3. The van der Waals surface area contributed by atoms with Crippen molar-refractivity contribution in [1.82, 2.24) is 19.9 Å². The molecule has 0 spiro atoms. The molecule has 0 amide bonds. The Balaban J connectivity index is 2.18. The second kappa shape index (κ2) is 7.26. The average molecular weight is 368 g/mol. The van der Waals surface area contributed by atoms with Gasteiger partial charge in [-0.3, -0.25) is 0 Å². The van der Waals surface area contributed by atoms with Gasteiger partial charge in [-0.05, 0) is 19.1 Å². The van der Waals surface area contributed by atoms with E-state index in [0.29, 0.717) is 10.7 Å². The van der Waals surface area contributed by atoms with Crippen molar-refractivity contribution in [2.24, 2.45) is 0 Å². The van der Waals surface area contributed by atoms with Crippen LogP contribution in [0.15, 0.2) is 17.4 Å².